The number of anilines is 1. The molecule has 5 heterocycles. The van der Waals surface area contributed by atoms with Gasteiger partial charge in [-0.3, -0.25) is 4.98 Å². The minimum Gasteiger partial charge on any atom is -0.360 e. The van der Waals surface area contributed by atoms with E-state index in [9.17, 15) is 13.2 Å². The summed E-state index contributed by atoms with van der Waals surface area (Å²) in [5.74, 6) is 0.803. The van der Waals surface area contributed by atoms with Crippen molar-refractivity contribution >= 4 is 32.8 Å². The zero-order valence-corrected chi connectivity index (χ0v) is 18.9. The van der Waals surface area contributed by atoms with Crippen LogP contribution in [0.15, 0.2) is 29.0 Å². The molecule has 2 saturated heterocycles. The Bertz CT molecular complexity index is 1230. The number of sulfonamides is 1. The van der Waals surface area contributed by atoms with Crippen molar-refractivity contribution in [1.82, 2.24) is 24.3 Å². The van der Waals surface area contributed by atoms with E-state index in [1.165, 1.54) is 4.90 Å². The summed E-state index contributed by atoms with van der Waals surface area (Å²) in [5, 5.41) is 6.01. The van der Waals surface area contributed by atoms with E-state index >= 15 is 0 Å². The molecule has 10 nitrogen and oxygen atoms in total. The van der Waals surface area contributed by atoms with Gasteiger partial charge in [-0.2, -0.15) is 0 Å². The van der Waals surface area contributed by atoms with Crippen molar-refractivity contribution in [1.29, 1.82) is 0 Å². The maximum atomic E-state index is 13.1. The smallest absolute Gasteiger partial charge is 0.322 e. The molecule has 5 rings (SSSR count). The molecule has 0 atom stereocenters. The second-order valence-corrected chi connectivity index (χ2v) is 10.7. The Hall–Kier alpha value is -2.92. The van der Waals surface area contributed by atoms with Gasteiger partial charge in [0.15, 0.2) is 5.76 Å². The van der Waals surface area contributed by atoms with Gasteiger partial charge in [-0.1, -0.05) is 5.16 Å². The van der Waals surface area contributed by atoms with Crippen molar-refractivity contribution in [2.45, 2.75) is 37.9 Å². The van der Waals surface area contributed by atoms with Crippen molar-refractivity contribution in [3.05, 3.63) is 41.5 Å². The van der Waals surface area contributed by atoms with Crippen molar-refractivity contribution in [2.24, 2.45) is 0 Å². The van der Waals surface area contributed by atoms with Crippen molar-refractivity contribution in [3.8, 4) is 0 Å². The molecule has 2 aliphatic heterocycles. The summed E-state index contributed by atoms with van der Waals surface area (Å²) in [6.07, 6.45) is 5.29. The maximum Gasteiger partial charge on any atom is 0.322 e. The van der Waals surface area contributed by atoms with Crippen molar-refractivity contribution in [3.63, 3.8) is 0 Å². The fourth-order valence-corrected chi connectivity index (χ4v) is 6.44. The summed E-state index contributed by atoms with van der Waals surface area (Å²) in [4.78, 5) is 21.7. The average Bonchev–Trinajstić information content (AvgIpc) is 3.31. The van der Waals surface area contributed by atoms with E-state index in [0.717, 1.165) is 29.4 Å². The predicted octanol–water partition coefficient (Wildman–Crippen LogP) is 2.59. The Balaban J connectivity index is 1.17. The summed E-state index contributed by atoms with van der Waals surface area (Å²) >= 11 is 0. The normalized spacial score (nSPS) is 18.8. The number of aromatic nitrogens is 3. The molecule has 2 fully saturated rings. The highest BCUT2D eigenvalue weighted by molar-refractivity contribution is 7.89. The molecule has 11 heteroatoms. The molecule has 0 saturated carbocycles. The minimum atomic E-state index is -3.45. The number of aryl methyl sites for hydroxylation is 2. The molecular weight excluding hydrogens is 432 g/mol. The molecule has 32 heavy (non-hydrogen) atoms. The van der Waals surface area contributed by atoms with E-state index in [1.807, 2.05) is 18.3 Å². The zero-order chi connectivity index (χ0) is 22.5. The van der Waals surface area contributed by atoms with E-state index in [1.54, 1.807) is 24.3 Å². The van der Waals surface area contributed by atoms with Gasteiger partial charge >= 0.3 is 6.03 Å². The van der Waals surface area contributed by atoms with Crippen LogP contribution < -0.4 is 5.32 Å². The van der Waals surface area contributed by atoms with Gasteiger partial charge in [-0.05, 0) is 50.3 Å². The highest BCUT2D eigenvalue weighted by Crippen LogP contribution is 2.34. The molecule has 0 unspecified atom stereocenters. The number of H-pyrrole nitrogens is 1. The number of likely N-dealkylation sites (tertiary alicyclic amines) is 1. The molecule has 0 bridgehead atoms. The number of nitrogens with zero attached hydrogens (tertiary/aromatic N) is 4. The summed E-state index contributed by atoms with van der Waals surface area (Å²) in [7, 11) is -3.45. The van der Waals surface area contributed by atoms with Crippen molar-refractivity contribution in [2.75, 3.05) is 31.5 Å². The average molecular weight is 459 g/mol. The summed E-state index contributed by atoms with van der Waals surface area (Å²) in [5.41, 5.74) is 4.25. The Kier molecular flexibility index (Phi) is 5.17. The number of hydrogen-bond donors (Lipinski definition) is 2. The van der Waals surface area contributed by atoms with Gasteiger partial charge in [0, 0.05) is 38.6 Å². The summed E-state index contributed by atoms with van der Waals surface area (Å²) in [6, 6.07) is 3.56. The third kappa shape index (κ3) is 3.55. The number of pyridine rings is 1. The molecule has 0 radical (unpaired) electrons. The fourth-order valence-electron chi connectivity index (χ4n) is 4.56. The Morgan fingerprint density at radius 3 is 2.69 bits per heavy atom. The topological polar surface area (TPSA) is 124 Å². The first-order chi connectivity index (χ1) is 15.3. The van der Waals surface area contributed by atoms with Crippen molar-refractivity contribution < 1.29 is 17.7 Å². The number of aromatic amines is 1. The van der Waals surface area contributed by atoms with Gasteiger partial charge in [0.1, 0.15) is 16.6 Å². The van der Waals surface area contributed by atoms with Gasteiger partial charge in [-0.25, -0.2) is 17.5 Å². The Labute approximate surface area is 186 Å². The van der Waals surface area contributed by atoms with E-state index in [4.69, 9.17) is 4.52 Å². The number of urea groups is 1. The number of amides is 2. The first-order valence-corrected chi connectivity index (χ1v) is 12.2. The van der Waals surface area contributed by atoms with Crippen LogP contribution in [0.25, 0.3) is 11.0 Å². The lowest BCUT2D eigenvalue weighted by atomic mass is 9.91. The Morgan fingerprint density at radius 1 is 1.25 bits per heavy atom. The van der Waals surface area contributed by atoms with Crippen LogP contribution in [0.2, 0.25) is 0 Å². The fraction of sp³-hybridized carbons (Fsp3) is 0.476. The van der Waals surface area contributed by atoms with Crippen LogP contribution >= 0.6 is 0 Å². The van der Waals surface area contributed by atoms with Gasteiger partial charge in [0.2, 0.25) is 10.0 Å². The van der Waals surface area contributed by atoms with Gasteiger partial charge < -0.3 is 19.7 Å². The van der Waals surface area contributed by atoms with E-state index in [0.29, 0.717) is 30.2 Å². The molecule has 3 aromatic rings. The lowest BCUT2D eigenvalue weighted by Gasteiger charge is -2.42. The quantitative estimate of drug-likeness (QED) is 0.619. The van der Waals surface area contributed by atoms with Crippen LogP contribution in [0.3, 0.4) is 0 Å². The monoisotopic (exact) mass is 458 g/mol. The minimum absolute atomic E-state index is 0.184. The van der Waals surface area contributed by atoms with Gasteiger partial charge in [0.05, 0.1) is 11.0 Å². The number of carbonyl (C=O) groups is 1. The zero-order valence-electron chi connectivity index (χ0n) is 18.0. The molecular formula is C21H26N6O4S. The highest BCUT2D eigenvalue weighted by Gasteiger charge is 2.44. The van der Waals surface area contributed by atoms with E-state index in [-0.39, 0.29) is 25.0 Å². The SMILES string of the molecule is Cc1noc(C)c1NC(=O)N1CC(S(=O)(=O)N2CCC(c3c[nH]c4cccnc34)CC2)C1. The standard InChI is InChI=1S/C21H26N6O4S/c1-13-19(14(2)31-25-13)24-21(28)26-11-16(12-26)32(29,30)27-8-5-15(6-9-27)17-10-23-18-4-3-7-22-20(17)18/h3-4,7,10,15-16,23H,5-6,8-9,11-12H2,1-2H3,(H,24,28). The molecule has 3 aromatic heterocycles. The van der Waals surface area contributed by atoms with E-state index in [2.05, 4.69) is 20.4 Å². The first-order valence-electron chi connectivity index (χ1n) is 10.7. The first kappa shape index (κ1) is 21.0. The second kappa shape index (κ2) is 7.89. The number of rotatable bonds is 4. The number of nitrogens with one attached hydrogen (secondary N) is 2. The van der Waals surface area contributed by atoms with Crippen LogP contribution in [0, 0.1) is 13.8 Å². The lowest BCUT2D eigenvalue weighted by molar-refractivity contribution is 0.179. The number of fused-ring (bicyclic) bond motifs is 1. The molecule has 2 aliphatic rings. The summed E-state index contributed by atoms with van der Waals surface area (Å²) < 4.78 is 32.8. The second-order valence-electron chi connectivity index (χ2n) is 8.52. The molecule has 0 aromatic carbocycles. The molecule has 0 spiro atoms. The molecule has 2 N–H and O–H groups in total. The Morgan fingerprint density at radius 2 is 2.00 bits per heavy atom. The number of carbonyl (C=O) groups excluding carboxylic acids is 1. The molecule has 2 amide bonds. The van der Waals surface area contributed by atoms with E-state index < -0.39 is 15.3 Å². The maximum absolute atomic E-state index is 13.1. The highest BCUT2D eigenvalue weighted by atomic mass is 32.2. The van der Waals surface area contributed by atoms with Crippen LogP contribution in [0.4, 0.5) is 10.5 Å². The number of piperidine rings is 1. The summed E-state index contributed by atoms with van der Waals surface area (Å²) in [6.45, 7) is 4.79. The van der Waals surface area contributed by atoms with Crippen LogP contribution in [-0.4, -0.2) is 70.2 Å². The largest absolute Gasteiger partial charge is 0.360 e. The lowest BCUT2D eigenvalue weighted by Crippen LogP contribution is -2.61. The van der Waals surface area contributed by atoms with Crippen LogP contribution in [0.1, 0.15) is 35.8 Å². The molecule has 170 valence electrons. The third-order valence-corrected chi connectivity index (χ3v) is 8.77. The van der Waals surface area contributed by atoms with Crippen LogP contribution in [-0.2, 0) is 10.0 Å². The molecule has 0 aliphatic carbocycles. The van der Waals surface area contributed by atoms with Crippen LogP contribution in [0.5, 0.6) is 0 Å². The van der Waals surface area contributed by atoms with Gasteiger partial charge in [0.25, 0.3) is 0 Å². The third-order valence-electron chi connectivity index (χ3n) is 6.54. The number of hydrogen-bond acceptors (Lipinski definition) is 6. The van der Waals surface area contributed by atoms with Gasteiger partial charge in [-0.15, -0.1) is 0 Å². The predicted molar refractivity (Wildman–Crippen MR) is 119 cm³/mol.